The molecule has 0 saturated carbocycles. The van der Waals surface area contributed by atoms with Crippen LogP contribution in [0.15, 0.2) is 0 Å². The molecular formula is C4H11NO2P2S. The molecule has 10 heavy (non-hydrogen) atoms. The number of aliphatic carboxylic acids is 1. The summed E-state index contributed by atoms with van der Waals surface area (Å²) in [6.07, 6.45) is 0.646. The topological polar surface area (TPSA) is 49.3 Å². The zero-order valence-corrected chi connectivity index (χ0v) is 8.54. The minimum Gasteiger partial charge on any atom is -0.480 e. The predicted molar refractivity (Wildman–Crippen MR) is 51.1 cm³/mol. The molecule has 0 aliphatic rings. The van der Waals surface area contributed by atoms with Crippen molar-refractivity contribution in [1.82, 2.24) is 5.09 Å². The fourth-order valence-corrected chi connectivity index (χ4v) is 1.55. The summed E-state index contributed by atoms with van der Waals surface area (Å²) in [5, 5.41) is 11.1. The van der Waals surface area contributed by atoms with Gasteiger partial charge in [0.05, 0.1) is 0 Å². The lowest BCUT2D eigenvalue weighted by atomic mass is 10.2. The van der Waals surface area contributed by atoms with E-state index in [4.69, 9.17) is 5.11 Å². The molecule has 6 heteroatoms. The number of hydrogen-bond donors (Lipinski definition) is 2. The third-order valence-electron chi connectivity index (χ3n) is 1.02. The van der Waals surface area contributed by atoms with Crippen LogP contribution in [-0.4, -0.2) is 22.9 Å². The number of carboxylic acids is 1. The average Bonchev–Trinajstić information content (AvgIpc) is 1.89. The standard InChI is InChI=1S/C4H11NO2P2S/c6-4(7)3(5-8)1-2-10-9/h3,5H,1-2,8-9H2,(H,6,7)/t3-/m1/s1. The van der Waals surface area contributed by atoms with Gasteiger partial charge in [0.15, 0.2) is 0 Å². The maximum atomic E-state index is 10.3. The number of carboxylic acid groups (broad SMARTS) is 1. The van der Waals surface area contributed by atoms with Crippen LogP contribution in [-0.2, 0) is 4.79 Å². The Bertz CT molecular complexity index is 113. The van der Waals surface area contributed by atoms with Gasteiger partial charge in [-0.25, -0.2) is 0 Å². The molecule has 2 unspecified atom stereocenters. The Morgan fingerprint density at radius 1 is 1.80 bits per heavy atom. The van der Waals surface area contributed by atoms with Crippen LogP contribution in [0, 0.1) is 0 Å². The maximum absolute atomic E-state index is 10.3. The molecular weight excluding hydrogens is 188 g/mol. The van der Waals surface area contributed by atoms with Gasteiger partial charge < -0.3 is 5.11 Å². The molecule has 0 bridgehead atoms. The van der Waals surface area contributed by atoms with Crippen LogP contribution < -0.4 is 5.09 Å². The molecule has 0 aromatic carbocycles. The lowest BCUT2D eigenvalue weighted by Gasteiger charge is -2.08. The Labute approximate surface area is 68.9 Å². The second kappa shape index (κ2) is 6.36. The molecule has 3 nitrogen and oxygen atoms in total. The van der Waals surface area contributed by atoms with E-state index >= 15 is 0 Å². The van der Waals surface area contributed by atoms with E-state index in [1.807, 2.05) is 0 Å². The monoisotopic (exact) mass is 199 g/mol. The highest BCUT2D eigenvalue weighted by molar-refractivity contribution is 8.43. The molecule has 0 aromatic heterocycles. The Kier molecular flexibility index (Phi) is 6.76. The third kappa shape index (κ3) is 4.45. The van der Waals surface area contributed by atoms with E-state index in [-0.39, 0.29) is 0 Å². The molecule has 0 aromatic rings. The maximum Gasteiger partial charge on any atom is 0.320 e. The highest BCUT2D eigenvalue weighted by Gasteiger charge is 2.12. The van der Waals surface area contributed by atoms with Gasteiger partial charge in [-0.05, 0) is 12.2 Å². The first-order valence-corrected chi connectivity index (χ1v) is 5.77. The number of nitrogens with one attached hydrogen (secondary N) is 1. The first kappa shape index (κ1) is 10.6. The molecule has 0 aliphatic heterocycles. The van der Waals surface area contributed by atoms with Crippen molar-refractivity contribution in [2.45, 2.75) is 12.5 Å². The second-order valence-corrected chi connectivity index (χ2v) is 3.79. The molecule has 0 fully saturated rings. The lowest BCUT2D eigenvalue weighted by Crippen LogP contribution is -2.30. The first-order chi connectivity index (χ1) is 4.72. The van der Waals surface area contributed by atoms with Crippen molar-refractivity contribution < 1.29 is 9.90 Å². The van der Waals surface area contributed by atoms with E-state index in [9.17, 15) is 4.79 Å². The van der Waals surface area contributed by atoms with Crippen molar-refractivity contribution in [2.75, 3.05) is 5.75 Å². The number of hydrogen-bond acceptors (Lipinski definition) is 3. The van der Waals surface area contributed by atoms with Gasteiger partial charge in [-0.2, -0.15) is 0 Å². The van der Waals surface area contributed by atoms with E-state index in [1.54, 1.807) is 11.4 Å². The van der Waals surface area contributed by atoms with Crippen LogP contribution >= 0.6 is 29.2 Å². The van der Waals surface area contributed by atoms with Crippen LogP contribution in [0.5, 0.6) is 0 Å². The zero-order chi connectivity index (χ0) is 7.98. The highest BCUT2D eigenvalue weighted by atomic mass is 32.7. The van der Waals surface area contributed by atoms with E-state index < -0.39 is 12.0 Å². The Morgan fingerprint density at radius 3 is 2.70 bits per heavy atom. The van der Waals surface area contributed by atoms with Gasteiger partial charge in [0.2, 0.25) is 0 Å². The van der Waals surface area contributed by atoms with E-state index in [0.29, 0.717) is 6.42 Å². The van der Waals surface area contributed by atoms with Gasteiger partial charge in [0.1, 0.15) is 6.04 Å². The van der Waals surface area contributed by atoms with Crippen molar-refractivity contribution in [3.8, 4) is 0 Å². The predicted octanol–water partition coefficient (Wildman–Crippen LogP) is 0.733. The van der Waals surface area contributed by atoms with Crippen molar-refractivity contribution in [1.29, 1.82) is 0 Å². The van der Waals surface area contributed by atoms with Crippen LogP contribution in [0.3, 0.4) is 0 Å². The number of rotatable bonds is 5. The molecule has 0 heterocycles. The second-order valence-electron chi connectivity index (χ2n) is 1.72. The molecule has 3 atom stereocenters. The summed E-state index contributed by atoms with van der Waals surface area (Å²) in [5.74, 6) is 0.0392. The lowest BCUT2D eigenvalue weighted by molar-refractivity contribution is -0.138. The van der Waals surface area contributed by atoms with Gasteiger partial charge >= 0.3 is 5.97 Å². The normalized spacial score (nSPS) is 13.0. The van der Waals surface area contributed by atoms with Crippen LogP contribution in [0.4, 0.5) is 0 Å². The number of carbonyl (C=O) groups is 1. The molecule has 0 radical (unpaired) electrons. The summed E-state index contributed by atoms with van der Waals surface area (Å²) in [5.41, 5.74) is 0. The summed E-state index contributed by atoms with van der Waals surface area (Å²) in [6, 6.07) is -0.432. The fraction of sp³-hybridized carbons (Fsp3) is 0.750. The smallest absolute Gasteiger partial charge is 0.320 e. The molecule has 0 aliphatic carbocycles. The van der Waals surface area contributed by atoms with Crippen molar-refractivity contribution in [3.05, 3.63) is 0 Å². The largest absolute Gasteiger partial charge is 0.480 e. The van der Waals surface area contributed by atoms with Gasteiger partial charge in [0.25, 0.3) is 0 Å². The van der Waals surface area contributed by atoms with Crippen LogP contribution in [0.25, 0.3) is 0 Å². The van der Waals surface area contributed by atoms with Crippen LogP contribution in [0.2, 0.25) is 0 Å². The molecule has 0 saturated heterocycles. The highest BCUT2D eigenvalue weighted by Crippen LogP contribution is 2.12. The van der Waals surface area contributed by atoms with E-state index in [0.717, 1.165) is 5.75 Å². The molecule has 0 spiro atoms. The van der Waals surface area contributed by atoms with Crippen molar-refractivity contribution in [3.63, 3.8) is 0 Å². The molecule has 2 N–H and O–H groups in total. The van der Waals surface area contributed by atoms with E-state index in [1.165, 1.54) is 0 Å². The molecule has 0 rings (SSSR count). The van der Waals surface area contributed by atoms with E-state index in [2.05, 4.69) is 22.9 Å². The van der Waals surface area contributed by atoms with Crippen molar-refractivity contribution in [2.24, 2.45) is 0 Å². The summed E-state index contributed by atoms with van der Waals surface area (Å²) < 4.78 is 0. The Morgan fingerprint density at radius 2 is 2.40 bits per heavy atom. The quantitative estimate of drug-likeness (QED) is 0.641. The van der Waals surface area contributed by atoms with Gasteiger partial charge in [-0.3, -0.25) is 9.88 Å². The summed E-state index contributed by atoms with van der Waals surface area (Å²) in [7, 11) is 4.70. The Hall–Kier alpha value is 0.640. The molecule has 60 valence electrons. The Balaban J connectivity index is 3.50. The summed E-state index contributed by atoms with van der Waals surface area (Å²) >= 11 is 1.57. The SMILES string of the molecule is O=C(O)[C@@H](CCSP)NP. The van der Waals surface area contributed by atoms with Gasteiger partial charge in [-0.1, -0.05) is 17.8 Å². The first-order valence-electron chi connectivity index (χ1n) is 2.73. The third-order valence-corrected chi connectivity index (χ3v) is 2.60. The van der Waals surface area contributed by atoms with Gasteiger partial charge in [0, 0.05) is 0 Å². The van der Waals surface area contributed by atoms with Crippen molar-refractivity contribution >= 4 is 35.2 Å². The van der Waals surface area contributed by atoms with Gasteiger partial charge in [-0.15, -0.1) is 11.4 Å². The molecule has 0 amide bonds. The summed E-state index contributed by atoms with van der Waals surface area (Å²) in [4.78, 5) is 10.3. The van der Waals surface area contributed by atoms with Crippen LogP contribution in [0.1, 0.15) is 6.42 Å². The zero-order valence-electron chi connectivity index (χ0n) is 5.41. The minimum absolute atomic E-state index is 0.432. The fourth-order valence-electron chi connectivity index (χ4n) is 0.464. The summed E-state index contributed by atoms with van der Waals surface area (Å²) in [6.45, 7) is 0. The average molecular weight is 199 g/mol. The minimum atomic E-state index is -0.797.